The van der Waals surface area contributed by atoms with Crippen molar-refractivity contribution in [1.82, 2.24) is 19.1 Å². The van der Waals surface area contributed by atoms with Crippen LogP contribution in [0.15, 0.2) is 174 Å². The van der Waals surface area contributed by atoms with E-state index in [1.165, 1.54) is 27.1 Å². The second-order valence-electron chi connectivity index (χ2n) is 13.8. The summed E-state index contributed by atoms with van der Waals surface area (Å²) in [5, 5.41) is 10.3. The average molecular weight is 677 g/mol. The Morgan fingerprint density at radius 2 is 1.13 bits per heavy atom. The first-order valence-corrected chi connectivity index (χ1v) is 17.9. The van der Waals surface area contributed by atoms with E-state index >= 15 is 0 Å². The number of rotatable bonds is 3. The molecule has 12 aromatic rings. The first-order chi connectivity index (χ1) is 26.3. The lowest BCUT2D eigenvalue weighted by Gasteiger charge is -2.12. The molecule has 0 amide bonds. The minimum absolute atomic E-state index is 0.600. The van der Waals surface area contributed by atoms with Gasteiger partial charge in [-0.15, -0.1) is 0 Å². The molecule has 0 saturated carbocycles. The Labute approximate surface area is 302 Å². The smallest absolute Gasteiger partial charge is 0.235 e. The standard InChI is InChI=1S/C48H28N4O/c1-3-14-30(15-4-1)45-36-20-9-11-21-39(36)49-48(50-45)52-41-28-42-38(27-37(41)34-24-25-35-33-19-10-12-22-43(33)53-47(35)46(34)52)44-32-18-8-7-13-29(32)23-26-40(44)51(42)31-16-5-2-6-17-31/h1-28H. The summed E-state index contributed by atoms with van der Waals surface area (Å²) in [6.45, 7) is 0. The van der Waals surface area contributed by atoms with Crippen LogP contribution in [0.5, 0.6) is 0 Å². The third kappa shape index (κ3) is 3.96. The fourth-order valence-electron chi connectivity index (χ4n) is 8.60. The van der Waals surface area contributed by atoms with Gasteiger partial charge >= 0.3 is 0 Å². The topological polar surface area (TPSA) is 48.8 Å². The van der Waals surface area contributed by atoms with E-state index in [-0.39, 0.29) is 0 Å². The highest BCUT2D eigenvalue weighted by Crippen LogP contribution is 2.44. The monoisotopic (exact) mass is 676 g/mol. The van der Waals surface area contributed by atoms with Crippen LogP contribution < -0.4 is 0 Å². The largest absolute Gasteiger partial charge is 0.454 e. The normalized spacial score (nSPS) is 12.2. The summed E-state index contributed by atoms with van der Waals surface area (Å²) in [4.78, 5) is 10.7. The van der Waals surface area contributed by atoms with E-state index < -0.39 is 0 Å². The van der Waals surface area contributed by atoms with Crippen LogP contribution in [0.1, 0.15) is 0 Å². The zero-order valence-corrected chi connectivity index (χ0v) is 28.4. The van der Waals surface area contributed by atoms with E-state index in [1.54, 1.807) is 0 Å². The highest BCUT2D eigenvalue weighted by molar-refractivity contribution is 6.27. The minimum Gasteiger partial charge on any atom is -0.454 e. The molecule has 0 radical (unpaired) electrons. The molecule has 5 nitrogen and oxygen atoms in total. The number of nitrogens with zero attached hydrogens (tertiary/aromatic N) is 4. The molecule has 0 atom stereocenters. The molecule has 4 heterocycles. The number of furan rings is 1. The molecule has 4 aromatic heterocycles. The van der Waals surface area contributed by atoms with Gasteiger partial charge in [0.25, 0.3) is 0 Å². The maximum atomic E-state index is 6.78. The molecule has 0 aliphatic heterocycles. The Morgan fingerprint density at radius 1 is 0.434 bits per heavy atom. The van der Waals surface area contributed by atoms with Gasteiger partial charge in [-0.1, -0.05) is 121 Å². The Bertz CT molecular complexity index is 3450. The van der Waals surface area contributed by atoms with E-state index in [2.05, 4.69) is 155 Å². The molecule has 0 unspecified atom stereocenters. The second kappa shape index (κ2) is 10.6. The lowest BCUT2D eigenvalue weighted by molar-refractivity contribution is 0.671. The van der Waals surface area contributed by atoms with E-state index in [9.17, 15) is 0 Å². The summed E-state index contributed by atoms with van der Waals surface area (Å²) in [5.74, 6) is 0.600. The Balaban J connectivity index is 1.31. The molecule has 0 bridgehead atoms. The number of hydrogen-bond donors (Lipinski definition) is 0. The molecule has 12 rings (SSSR count). The van der Waals surface area contributed by atoms with Crippen molar-refractivity contribution < 1.29 is 4.42 Å². The fourth-order valence-corrected chi connectivity index (χ4v) is 8.60. The van der Waals surface area contributed by atoms with Gasteiger partial charge in [-0.05, 0) is 59.3 Å². The van der Waals surface area contributed by atoms with Gasteiger partial charge in [-0.25, -0.2) is 9.97 Å². The molecular formula is C48H28N4O. The molecule has 8 aromatic carbocycles. The summed E-state index contributed by atoms with van der Waals surface area (Å²) < 4.78 is 11.4. The maximum absolute atomic E-state index is 6.78. The van der Waals surface area contributed by atoms with Crippen molar-refractivity contribution in [3.8, 4) is 22.9 Å². The van der Waals surface area contributed by atoms with Crippen LogP contribution in [0, 0.1) is 0 Å². The third-order valence-corrected chi connectivity index (χ3v) is 10.9. The van der Waals surface area contributed by atoms with Gasteiger partial charge in [0, 0.05) is 49.0 Å². The van der Waals surface area contributed by atoms with Crippen molar-refractivity contribution in [2.24, 2.45) is 0 Å². The van der Waals surface area contributed by atoms with Crippen LogP contribution in [0.4, 0.5) is 0 Å². The van der Waals surface area contributed by atoms with Crippen molar-refractivity contribution in [2.45, 2.75) is 0 Å². The molecule has 0 fully saturated rings. The van der Waals surface area contributed by atoms with Crippen molar-refractivity contribution in [3.63, 3.8) is 0 Å². The number of para-hydroxylation sites is 3. The SMILES string of the molecule is c1ccc(-c2nc(-n3c4cc5c(cc4c4ccc6c7ccccc7oc6c43)c3c4ccccc4ccc3n5-c3ccccc3)nc3ccccc23)cc1. The first-order valence-electron chi connectivity index (χ1n) is 17.9. The summed E-state index contributed by atoms with van der Waals surface area (Å²) in [6, 6.07) is 60.0. The van der Waals surface area contributed by atoms with Crippen molar-refractivity contribution in [3.05, 3.63) is 170 Å². The molecule has 0 saturated heterocycles. The van der Waals surface area contributed by atoms with Crippen LogP contribution in [0.25, 0.3) is 110 Å². The van der Waals surface area contributed by atoms with Gasteiger partial charge < -0.3 is 8.98 Å². The van der Waals surface area contributed by atoms with Gasteiger partial charge in [0.2, 0.25) is 5.95 Å². The summed E-state index contributed by atoms with van der Waals surface area (Å²) >= 11 is 0. The molecule has 53 heavy (non-hydrogen) atoms. The quantitative estimate of drug-likeness (QED) is 0.187. The highest BCUT2D eigenvalue weighted by Gasteiger charge is 2.24. The van der Waals surface area contributed by atoms with Crippen LogP contribution in [0.3, 0.4) is 0 Å². The number of hydrogen-bond acceptors (Lipinski definition) is 3. The van der Waals surface area contributed by atoms with E-state index in [0.717, 1.165) is 77.1 Å². The zero-order chi connectivity index (χ0) is 34.6. The minimum atomic E-state index is 0.600. The van der Waals surface area contributed by atoms with E-state index in [1.807, 2.05) is 24.3 Å². The lowest BCUT2D eigenvalue weighted by Crippen LogP contribution is -2.04. The highest BCUT2D eigenvalue weighted by atomic mass is 16.3. The molecule has 5 heteroatoms. The Hall–Kier alpha value is -7.24. The average Bonchev–Trinajstić information content (AvgIpc) is 3.87. The van der Waals surface area contributed by atoms with Crippen LogP contribution in [-0.2, 0) is 0 Å². The van der Waals surface area contributed by atoms with Gasteiger partial charge in [0.05, 0.1) is 27.8 Å². The number of aromatic nitrogens is 4. The molecule has 0 N–H and O–H groups in total. The van der Waals surface area contributed by atoms with Crippen LogP contribution in [-0.4, -0.2) is 19.1 Å². The van der Waals surface area contributed by atoms with E-state index in [4.69, 9.17) is 14.4 Å². The predicted octanol–water partition coefficient (Wildman–Crippen LogP) is 12.5. The molecule has 0 aliphatic carbocycles. The fraction of sp³-hybridized carbons (Fsp3) is 0. The van der Waals surface area contributed by atoms with Crippen molar-refractivity contribution in [1.29, 1.82) is 0 Å². The molecular weight excluding hydrogens is 649 g/mol. The second-order valence-corrected chi connectivity index (χ2v) is 13.8. The van der Waals surface area contributed by atoms with Gasteiger partial charge in [0.15, 0.2) is 5.58 Å². The summed E-state index contributed by atoms with van der Waals surface area (Å²) in [7, 11) is 0. The summed E-state index contributed by atoms with van der Waals surface area (Å²) in [5.41, 5.74) is 9.86. The van der Waals surface area contributed by atoms with Crippen molar-refractivity contribution in [2.75, 3.05) is 0 Å². The van der Waals surface area contributed by atoms with Crippen LogP contribution >= 0.6 is 0 Å². The van der Waals surface area contributed by atoms with E-state index in [0.29, 0.717) is 5.95 Å². The number of benzene rings is 8. The predicted molar refractivity (Wildman–Crippen MR) is 218 cm³/mol. The zero-order valence-electron chi connectivity index (χ0n) is 28.4. The van der Waals surface area contributed by atoms with Crippen LogP contribution in [0.2, 0.25) is 0 Å². The first kappa shape index (κ1) is 28.5. The van der Waals surface area contributed by atoms with Gasteiger partial charge in [-0.3, -0.25) is 4.57 Å². The number of fused-ring (bicyclic) bond motifs is 13. The molecule has 246 valence electrons. The lowest BCUT2D eigenvalue weighted by atomic mass is 10.0. The van der Waals surface area contributed by atoms with Crippen molar-refractivity contribution >= 4 is 87.2 Å². The molecule has 0 aliphatic rings. The Kier molecular flexibility index (Phi) is 5.71. The maximum Gasteiger partial charge on any atom is 0.235 e. The molecule has 0 spiro atoms. The Morgan fingerprint density at radius 3 is 2.00 bits per heavy atom. The van der Waals surface area contributed by atoms with Gasteiger partial charge in [0.1, 0.15) is 11.1 Å². The third-order valence-electron chi connectivity index (χ3n) is 10.9. The van der Waals surface area contributed by atoms with Gasteiger partial charge in [-0.2, -0.15) is 0 Å². The summed E-state index contributed by atoms with van der Waals surface area (Å²) in [6.07, 6.45) is 0.